The summed E-state index contributed by atoms with van der Waals surface area (Å²) in [7, 11) is 0. The van der Waals surface area contributed by atoms with E-state index in [1.165, 1.54) is 0 Å². The Balaban J connectivity index is 2.11. The molecule has 28 heavy (non-hydrogen) atoms. The predicted octanol–water partition coefficient (Wildman–Crippen LogP) is 3.39. The molecule has 152 valence electrons. The zero-order valence-electron chi connectivity index (χ0n) is 16.0. The summed E-state index contributed by atoms with van der Waals surface area (Å²) >= 11 is 0. The lowest BCUT2D eigenvalue weighted by atomic mass is 10.2. The van der Waals surface area contributed by atoms with Crippen LogP contribution >= 0.6 is 0 Å². The number of hydrogen-bond acceptors (Lipinski definition) is 6. The maximum Gasteiger partial charge on any atom is 0.331 e. The van der Waals surface area contributed by atoms with Crippen molar-refractivity contribution < 1.29 is 33.7 Å². The Kier molecular flexibility index (Phi) is 10.8. The fraction of sp³-hybridized carbons (Fsp3) is 0.381. The molecule has 1 rings (SSSR count). The molecule has 0 aliphatic carbocycles. The molecule has 0 bridgehead atoms. The Morgan fingerprint density at radius 2 is 1.79 bits per heavy atom. The Bertz CT molecular complexity index is 679. The van der Waals surface area contributed by atoms with E-state index in [-0.39, 0.29) is 19.0 Å². The summed E-state index contributed by atoms with van der Waals surface area (Å²) in [6.07, 6.45) is 3.10. The van der Waals surface area contributed by atoms with Crippen molar-refractivity contribution in [3.05, 3.63) is 60.4 Å². The van der Waals surface area contributed by atoms with Crippen LogP contribution in [-0.4, -0.2) is 35.7 Å². The first-order chi connectivity index (χ1) is 13.4. The standard InChI is InChI=1S/C21H26O7/c1-16(27-15-18-9-5-3-6-10-18)17(2)28-21(25)11-7-4-8-14-26-20(24)13-12-19(22)23/h3,5-6,9-10,12-13,17H,1,4,7-8,11,14-15H2,2H3,(H,22,23)/b13-12-. The van der Waals surface area contributed by atoms with Gasteiger partial charge in [-0.1, -0.05) is 36.9 Å². The number of ether oxygens (including phenoxy) is 3. The van der Waals surface area contributed by atoms with E-state index in [1.807, 2.05) is 30.3 Å². The smallest absolute Gasteiger partial charge is 0.331 e. The summed E-state index contributed by atoms with van der Waals surface area (Å²) in [5.41, 5.74) is 1.00. The van der Waals surface area contributed by atoms with Crippen molar-refractivity contribution in [3.63, 3.8) is 0 Å². The highest BCUT2D eigenvalue weighted by atomic mass is 16.6. The minimum atomic E-state index is -1.21. The SMILES string of the molecule is C=C(OCc1ccccc1)C(C)OC(=O)CCCCCOC(=O)/C=C\C(=O)O. The molecule has 0 saturated heterocycles. The number of rotatable bonds is 13. The molecular weight excluding hydrogens is 364 g/mol. The minimum absolute atomic E-state index is 0.165. The van der Waals surface area contributed by atoms with Crippen molar-refractivity contribution in [2.75, 3.05) is 6.61 Å². The Hall–Kier alpha value is -3.09. The van der Waals surface area contributed by atoms with Gasteiger partial charge in [0.1, 0.15) is 12.4 Å². The molecule has 0 aliphatic heterocycles. The second kappa shape index (κ2) is 13.1. The van der Waals surface area contributed by atoms with E-state index >= 15 is 0 Å². The first-order valence-corrected chi connectivity index (χ1v) is 9.01. The van der Waals surface area contributed by atoms with Gasteiger partial charge in [-0.3, -0.25) is 4.79 Å². The van der Waals surface area contributed by atoms with E-state index in [9.17, 15) is 14.4 Å². The highest BCUT2D eigenvalue weighted by molar-refractivity contribution is 5.90. The Morgan fingerprint density at radius 1 is 1.07 bits per heavy atom. The summed E-state index contributed by atoms with van der Waals surface area (Å²) in [5.74, 6) is -1.88. The van der Waals surface area contributed by atoms with Crippen LogP contribution in [0.2, 0.25) is 0 Å². The topological polar surface area (TPSA) is 99.1 Å². The van der Waals surface area contributed by atoms with Crippen LogP contribution in [-0.2, 0) is 35.2 Å². The Morgan fingerprint density at radius 3 is 2.46 bits per heavy atom. The maximum atomic E-state index is 11.9. The molecule has 7 nitrogen and oxygen atoms in total. The van der Waals surface area contributed by atoms with Crippen molar-refractivity contribution >= 4 is 17.9 Å². The van der Waals surface area contributed by atoms with E-state index in [0.717, 1.165) is 17.7 Å². The number of aliphatic carboxylic acids is 1. The summed E-state index contributed by atoms with van der Waals surface area (Å²) in [6.45, 7) is 6.03. The van der Waals surface area contributed by atoms with Crippen molar-refractivity contribution in [2.45, 2.75) is 45.3 Å². The third-order valence-corrected chi connectivity index (χ3v) is 3.66. The number of carboxylic acids is 1. The quantitative estimate of drug-likeness (QED) is 0.238. The number of carbonyl (C=O) groups excluding carboxylic acids is 2. The summed E-state index contributed by atoms with van der Waals surface area (Å²) in [5, 5.41) is 8.38. The zero-order chi connectivity index (χ0) is 20.8. The van der Waals surface area contributed by atoms with Crippen LogP contribution in [0.3, 0.4) is 0 Å². The van der Waals surface area contributed by atoms with Gasteiger partial charge in [0, 0.05) is 18.6 Å². The van der Waals surface area contributed by atoms with Crippen LogP contribution in [0.15, 0.2) is 54.8 Å². The zero-order valence-corrected chi connectivity index (χ0v) is 16.0. The van der Waals surface area contributed by atoms with Gasteiger partial charge in [0.25, 0.3) is 0 Å². The third kappa shape index (κ3) is 10.8. The number of carboxylic acid groups (broad SMARTS) is 1. The van der Waals surface area contributed by atoms with Crippen LogP contribution in [0.1, 0.15) is 38.2 Å². The van der Waals surface area contributed by atoms with Gasteiger partial charge in [-0.25, -0.2) is 9.59 Å². The largest absolute Gasteiger partial charge is 0.490 e. The van der Waals surface area contributed by atoms with Gasteiger partial charge < -0.3 is 19.3 Å². The van der Waals surface area contributed by atoms with E-state index in [2.05, 4.69) is 6.58 Å². The highest BCUT2D eigenvalue weighted by Gasteiger charge is 2.14. The second-order valence-electron chi connectivity index (χ2n) is 6.02. The van der Waals surface area contributed by atoms with E-state index in [1.54, 1.807) is 6.92 Å². The molecule has 7 heteroatoms. The predicted molar refractivity (Wildman–Crippen MR) is 102 cm³/mol. The molecule has 0 saturated carbocycles. The molecule has 1 aromatic rings. The van der Waals surface area contributed by atoms with Gasteiger partial charge in [0.2, 0.25) is 0 Å². The van der Waals surface area contributed by atoms with Crippen LogP contribution in [0.5, 0.6) is 0 Å². The molecule has 0 spiro atoms. The number of esters is 2. The molecular formula is C21H26O7. The second-order valence-corrected chi connectivity index (χ2v) is 6.02. The van der Waals surface area contributed by atoms with E-state index in [4.69, 9.17) is 19.3 Å². The fourth-order valence-electron chi connectivity index (χ4n) is 2.10. The molecule has 0 amide bonds. The van der Waals surface area contributed by atoms with Crippen molar-refractivity contribution in [1.82, 2.24) is 0 Å². The van der Waals surface area contributed by atoms with Crippen LogP contribution in [0.4, 0.5) is 0 Å². The lowest BCUT2D eigenvalue weighted by Gasteiger charge is -2.17. The number of unbranched alkanes of at least 4 members (excludes halogenated alkanes) is 2. The van der Waals surface area contributed by atoms with Crippen molar-refractivity contribution in [3.8, 4) is 0 Å². The summed E-state index contributed by atoms with van der Waals surface area (Å²) in [4.78, 5) is 33.3. The fourth-order valence-corrected chi connectivity index (χ4v) is 2.10. The van der Waals surface area contributed by atoms with Crippen molar-refractivity contribution in [2.24, 2.45) is 0 Å². The number of hydrogen-bond donors (Lipinski definition) is 1. The Labute approximate surface area is 164 Å². The average Bonchev–Trinajstić information content (AvgIpc) is 2.67. The van der Waals surface area contributed by atoms with Gasteiger partial charge >= 0.3 is 17.9 Å². The van der Waals surface area contributed by atoms with Crippen LogP contribution < -0.4 is 0 Å². The summed E-state index contributed by atoms with van der Waals surface area (Å²) < 4.78 is 15.7. The normalized spacial score (nSPS) is 11.6. The molecule has 1 atom stereocenters. The van der Waals surface area contributed by atoms with E-state index in [0.29, 0.717) is 31.6 Å². The first-order valence-electron chi connectivity index (χ1n) is 9.01. The molecule has 1 aromatic carbocycles. The average molecular weight is 390 g/mol. The van der Waals surface area contributed by atoms with Crippen molar-refractivity contribution in [1.29, 1.82) is 0 Å². The van der Waals surface area contributed by atoms with Gasteiger partial charge in [-0.15, -0.1) is 0 Å². The lowest BCUT2D eigenvalue weighted by Crippen LogP contribution is -2.18. The maximum absolute atomic E-state index is 11.9. The molecule has 1 unspecified atom stereocenters. The molecule has 0 aliphatic rings. The highest BCUT2D eigenvalue weighted by Crippen LogP contribution is 2.12. The minimum Gasteiger partial charge on any atom is -0.490 e. The van der Waals surface area contributed by atoms with Gasteiger partial charge in [-0.2, -0.15) is 0 Å². The van der Waals surface area contributed by atoms with Gasteiger partial charge in [0.15, 0.2) is 6.10 Å². The molecule has 0 radical (unpaired) electrons. The molecule has 0 aromatic heterocycles. The van der Waals surface area contributed by atoms with Gasteiger partial charge in [0.05, 0.1) is 6.61 Å². The molecule has 1 N–H and O–H groups in total. The lowest BCUT2D eigenvalue weighted by molar-refractivity contribution is -0.148. The van der Waals surface area contributed by atoms with Crippen LogP contribution in [0.25, 0.3) is 0 Å². The number of carbonyl (C=O) groups is 3. The monoisotopic (exact) mass is 390 g/mol. The molecule has 0 fully saturated rings. The van der Waals surface area contributed by atoms with Gasteiger partial charge in [-0.05, 0) is 31.7 Å². The first kappa shape index (κ1) is 23.0. The summed E-state index contributed by atoms with van der Waals surface area (Å²) in [6, 6.07) is 9.62. The molecule has 0 heterocycles. The van der Waals surface area contributed by atoms with Crippen LogP contribution in [0, 0.1) is 0 Å². The third-order valence-electron chi connectivity index (χ3n) is 3.66. The number of benzene rings is 1. The van der Waals surface area contributed by atoms with E-state index < -0.39 is 18.0 Å².